The van der Waals surface area contributed by atoms with E-state index in [0.717, 1.165) is 32.1 Å². The van der Waals surface area contributed by atoms with E-state index in [9.17, 15) is 19.4 Å². The fraction of sp³-hybridized carbons (Fsp3) is 0.841. The van der Waals surface area contributed by atoms with E-state index in [0.29, 0.717) is 17.4 Å². The molecule has 8 nitrogen and oxygen atoms in total. The first kappa shape index (κ1) is 51.7. The molecule has 0 bridgehead atoms. The number of aliphatic hydroxyl groups is 1. The molecule has 0 heterocycles. The topological polar surface area (TPSA) is 102 Å². The van der Waals surface area contributed by atoms with Crippen LogP contribution in [0.25, 0.3) is 0 Å². The molecule has 0 aromatic heterocycles. The van der Waals surface area contributed by atoms with Crippen LogP contribution in [0.15, 0.2) is 36.5 Å². The summed E-state index contributed by atoms with van der Waals surface area (Å²) in [6, 6.07) is 0. The van der Waals surface area contributed by atoms with Gasteiger partial charge in [0.25, 0.3) is 0 Å². The molecule has 0 aliphatic heterocycles. The Labute approximate surface area is 327 Å². The van der Waals surface area contributed by atoms with E-state index in [-0.39, 0.29) is 19.2 Å². The molecule has 0 aromatic rings. The van der Waals surface area contributed by atoms with E-state index in [1.54, 1.807) is 0 Å². The van der Waals surface area contributed by atoms with Gasteiger partial charge in [0.05, 0.1) is 27.7 Å². The van der Waals surface area contributed by atoms with Crippen LogP contribution in [0.1, 0.15) is 187 Å². The number of aliphatic hydroxyl groups excluding tert-OH is 1. The van der Waals surface area contributed by atoms with Gasteiger partial charge in [0, 0.05) is 6.42 Å². The molecule has 0 amide bonds. The van der Waals surface area contributed by atoms with Gasteiger partial charge < -0.3 is 19.2 Å². The van der Waals surface area contributed by atoms with Gasteiger partial charge in [-0.2, -0.15) is 0 Å². The number of rotatable bonds is 40. The standard InChI is InChI=1S/C44H84NO7P/c1-5-6-7-8-9-10-11-12-13-14-15-16-17-18-19-20-21-22-23-24-25-26-27-28-29-30-31-32-33-34-35-36-37-38-44(47)50-41-43(46)42-52-53(48,49)51-40-39-45(2,3)4/h11-12,14-15,17-18,43,46H,5-10,13,16,19-42H2,1-4H3/p+1/b12-11-,15-14-,18-17-. The summed E-state index contributed by atoms with van der Waals surface area (Å²) in [5.41, 5.74) is 0. The zero-order chi connectivity index (χ0) is 39.1. The highest BCUT2D eigenvalue weighted by Crippen LogP contribution is 2.43. The summed E-state index contributed by atoms with van der Waals surface area (Å²) in [4.78, 5) is 21.6. The van der Waals surface area contributed by atoms with Crippen LogP contribution in [0.3, 0.4) is 0 Å². The molecule has 9 heteroatoms. The summed E-state index contributed by atoms with van der Waals surface area (Å²) in [6.45, 7) is 2.15. The van der Waals surface area contributed by atoms with E-state index in [4.69, 9.17) is 13.8 Å². The Hall–Kier alpha value is -1.28. The van der Waals surface area contributed by atoms with Crippen LogP contribution in [-0.4, -0.2) is 74.1 Å². The lowest BCUT2D eigenvalue weighted by atomic mass is 10.0. The number of likely N-dealkylation sites (N-methyl/N-ethyl adjacent to an activating group) is 1. The van der Waals surface area contributed by atoms with Crippen molar-refractivity contribution in [3.8, 4) is 0 Å². The first-order valence-corrected chi connectivity index (χ1v) is 23.3. The highest BCUT2D eigenvalue weighted by atomic mass is 31.2. The molecule has 0 saturated carbocycles. The van der Waals surface area contributed by atoms with E-state index >= 15 is 0 Å². The number of esters is 1. The van der Waals surface area contributed by atoms with Gasteiger partial charge in [0.2, 0.25) is 0 Å². The molecule has 2 atom stereocenters. The minimum Gasteiger partial charge on any atom is -0.463 e. The molecule has 0 saturated heterocycles. The number of hydrogen-bond acceptors (Lipinski definition) is 6. The van der Waals surface area contributed by atoms with Crippen molar-refractivity contribution in [3.05, 3.63) is 36.5 Å². The van der Waals surface area contributed by atoms with Crippen LogP contribution >= 0.6 is 7.82 Å². The predicted molar refractivity (Wildman–Crippen MR) is 224 cm³/mol. The SMILES string of the molecule is CCCCCCC/C=C\C/C=C\C/C=C\CCCCCCCCCCCCCCCCCCCCC(=O)OCC(O)COP(=O)(O)OCC[N+](C)(C)C. The van der Waals surface area contributed by atoms with Gasteiger partial charge in [0.15, 0.2) is 0 Å². The maximum absolute atomic E-state index is 11.9. The second kappa shape index (κ2) is 37.6. The third-order valence-electron chi connectivity index (χ3n) is 9.40. The molecule has 53 heavy (non-hydrogen) atoms. The quantitative estimate of drug-likeness (QED) is 0.0210. The average molecular weight is 771 g/mol. The van der Waals surface area contributed by atoms with E-state index in [1.807, 2.05) is 21.1 Å². The highest BCUT2D eigenvalue weighted by molar-refractivity contribution is 7.47. The van der Waals surface area contributed by atoms with Gasteiger partial charge in [-0.1, -0.05) is 172 Å². The molecular formula is C44H85NO7P+. The Morgan fingerprint density at radius 1 is 0.585 bits per heavy atom. The third kappa shape index (κ3) is 43.3. The Morgan fingerprint density at radius 2 is 0.981 bits per heavy atom. The fourth-order valence-electron chi connectivity index (χ4n) is 5.96. The minimum atomic E-state index is -4.25. The molecule has 0 aliphatic carbocycles. The molecule has 2 N–H and O–H groups in total. The summed E-state index contributed by atoms with van der Waals surface area (Å²) in [5, 5.41) is 9.91. The van der Waals surface area contributed by atoms with Gasteiger partial charge >= 0.3 is 13.8 Å². The molecule has 2 unspecified atom stereocenters. The largest absolute Gasteiger partial charge is 0.472 e. The summed E-state index contributed by atoms with van der Waals surface area (Å²) in [5.74, 6) is -0.369. The maximum atomic E-state index is 11.9. The zero-order valence-electron chi connectivity index (χ0n) is 35.0. The second-order valence-corrected chi connectivity index (χ2v) is 17.4. The molecular weight excluding hydrogens is 685 g/mol. The second-order valence-electron chi connectivity index (χ2n) is 15.9. The van der Waals surface area contributed by atoms with Gasteiger partial charge in [0.1, 0.15) is 25.9 Å². The van der Waals surface area contributed by atoms with Crippen molar-refractivity contribution in [2.45, 2.75) is 193 Å². The summed E-state index contributed by atoms with van der Waals surface area (Å²) in [7, 11) is 1.57. The summed E-state index contributed by atoms with van der Waals surface area (Å²) in [6.07, 6.45) is 47.7. The van der Waals surface area contributed by atoms with E-state index < -0.39 is 20.5 Å². The smallest absolute Gasteiger partial charge is 0.463 e. The summed E-state index contributed by atoms with van der Waals surface area (Å²) >= 11 is 0. The highest BCUT2D eigenvalue weighted by Gasteiger charge is 2.24. The van der Waals surface area contributed by atoms with Gasteiger partial charge in [-0.15, -0.1) is 0 Å². The zero-order valence-corrected chi connectivity index (χ0v) is 35.9. The van der Waals surface area contributed by atoms with Crippen molar-refractivity contribution in [3.63, 3.8) is 0 Å². The number of phosphoric ester groups is 1. The van der Waals surface area contributed by atoms with Crippen molar-refractivity contribution < 1.29 is 37.6 Å². The predicted octanol–water partition coefficient (Wildman–Crippen LogP) is 12.3. The van der Waals surface area contributed by atoms with Crippen LogP contribution in [0.5, 0.6) is 0 Å². The summed E-state index contributed by atoms with van der Waals surface area (Å²) < 4.78 is 27.2. The Balaban J connectivity index is 3.38. The van der Waals surface area contributed by atoms with Crippen molar-refractivity contribution in [1.29, 1.82) is 0 Å². The van der Waals surface area contributed by atoms with Crippen LogP contribution in [-0.2, 0) is 23.1 Å². The van der Waals surface area contributed by atoms with Crippen molar-refractivity contribution in [2.24, 2.45) is 0 Å². The lowest BCUT2D eigenvalue weighted by molar-refractivity contribution is -0.870. The first-order valence-electron chi connectivity index (χ1n) is 21.8. The van der Waals surface area contributed by atoms with E-state index in [1.165, 1.54) is 141 Å². The molecule has 0 aromatic carbocycles. The normalized spacial score (nSPS) is 14.2. The fourth-order valence-corrected chi connectivity index (χ4v) is 6.71. The number of carbonyl (C=O) groups excluding carboxylic acids is 1. The maximum Gasteiger partial charge on any atom is 0.472 e. The van der Waals surface area contributed by atoms with Gasteiger partial charge in [-0.3, -0.25) is 13.8 Å². The van der Waals surface area contributed by atoms with Gasteiger partial charge in [-0.05, 0) is 44.9 Å². The molecule has 312 valence electrons. The number of ether oxygens (including phenoxy) is 1. The molecule has 0 rings (SSSR count). The molecule has 0 aliphatic rings. The minimum absolute atomic E-state index is 0.0549. The Kier molecular flexibility index (Phi) is 36.7. The lowest BCUT2D eigenvalue weighted by Gasteiger charge is -2.24. The van der Waals surface area contributed by atoms with Crippen molar-refractivity contribution in [1.82, 2.24) is 0 Å². The van der Waals surface area contributed by atoms with Gasteiger partial charge in [-0.25, -0.2) is 4.57 Å². The number of quaternary nitrogens is 1. The van der Waals surface area contributed by atoms with Crippen LogP contribution in [0.4, 0.5) is 0 Å². The van der Waals surface area contributed by atoms with Crippen LogP contribution in [0.2, 0.25) is 0 Å². The monoisotopic (exact) mass is 771 g/mol. The Bertz CT molecular complexity index is 947. The van der Waals surface area contributed by atoms with Crippen LogP contribution < -0.4 is 0 Å². The number of nitrogens with zero attached hydrogens (tertiary/aromatic N) is 1. The van der Waals surface area contributed by atoms with Crippen molar-refractivity contribution >= 4 is 13.8 Å². The number of phosphoric acid groups is 1. The third-order valence-corrected chi connectivity index (χ3v) is 10.4. The number of allylic oxidation sites excluding steroid dienone is 6. The number of unbranched alkanes of at least 4 members (excludes halogenated alkanes) is 23. The van der Waals surface area contributed by atoms with E-state index in [2.05, 4.69) is 43.4 Å². The number of carbonyl (C=O) groups is 1. The lowest BCUT2D eigenvalue weighted by Crippen LogP contribution is -2.37. The van der Waals surface area contributed by atoms with Crippen LogP contribution in [0, 0.1) is 0 Å². The Morgan fingerprint density at radius 3 is 1.42 bits per heavy atom. The van der Waals surface area contributed by atoms with Crippen molar-refractivity contribution in [2.75, 3.05) is 47.5 Å². The molecule has 0 radical (unpaired) electrons. The number of hydrogen-bond donors (Lipinski definition) is 2. The molecule has 0 spiro atoms. The molecule has 0 fully saturated rings. The average Bonchev–Trinajstić information content (AvgIpc) is 3.11. The first-order chi connectivity index (χ1) is 25.6.